The fraction of sp³-hybridized carbons (Fsp3) is 0.255. The highest BCUT2D eigenvalue weighted by Gasteiger charge is 2.44. The fourth-order valence-electron chi connectivity index (χ4n) is 7.16. The highest BCUT2D eigenvalue weighted by Crippen LogP contribution is 2.45. The summed E-state index contributed by atoms with van der Waals surface area (Å²) in [4.78, 5) is 40.7. The molecule has 5 aromatic carbocycles. The van der Waals surface area contributed by atoms with E-state index in [1.807, 2.05) is 109 Å². The van der Waals surface area contributed by atoms with Crippen LogP contribution < -0.4 is 10.6 Å². The summed E-state index contributed by atoms with van der Waals surface area (Å²) in [6.45, 7) is 9.66. The van der Waals surface area contributed by atoms with Crippen molar-refractivity contribution in [3.05, 3.63) is 172 Å². The number of amides is 2. The van der Waals surface area contributed by atoms with Crippen molar-refractivity contribution in [1.29, 1.82) is 0 Å². The largest absolute Gasteiger partial charge is 0.449 e. The van der Waals surface area contributed by atoms with Crippen molar-refractivity contribution in [2.75, 3.05) is 13.2 Å². The number of carbonyl (C=O) groups is 3. The third-order valence-electron chi connectivity index (χ3n) is 9.75. The molecular weight excluding hydrogens is 724 g/mol. The van der Waals surface area contributed by atoms with Crippen LogP contribution in [0.15, 0.2) is 134 Å². The molecule has 288 valence electrons. The van der Waals surface area contributed by atoms with Crippen molar-refractivity contribution in [2.24, 2.45) is 0 Å². The molecule has 0 radical (unpaired) electrons. The van der Waals surface area contributed by atoms with Gasteiger partial charge in [-0.15, -0.1) is 0 Å². The van der Waals surface area contributed by atoms with Gasteiger partial charge in [-0.3, -0.25) is 0 Å². The van der Waals surface area contributed by atoms with Crippen LogP contribution in [0.4, 0.5) is 9.59 Å². The average molecular weight is 771 g/mol. The van der Waals surface area contributed by atoms with Crippen molar-refractivity contribution in [2.45, 2.75) is 63.2 Å². The maximum atomic E-state index is 14.7. The van der Waals surface area contributed by atoms with Crippen LogP contribution in [-0.2, 0) is 24.6 Å². The second-order valence-electron chi connectivity index (χ2n) is 14.7. The van der Waals surface area contributed by atoms with Crippen LogP contribution in [0.1, 0.15) is 79.3 Å². The van der Waals surface area contributed by atoms with Crippen molar-refractivity contribution >= 4 is 35.8 Å². The molecular formula is C47H47ClN2O6. The van der Waals surface area contributed by atoms with Gasteiger partial charge in [-0.2, -0.15) is 0 Å². The first-order valence-electron chi connectivity index (χ1n) is 18.8. The first kappa shape index (κ1) is 39.8. The Kier molecular flexibility index (Phi) is 12.6. The number of nitrogens with one attached hydrogen (secondary N) is 2. The summed E-state index contributed by atoms with van der Waals surface area (Å²) < 4.78 is 18.0. The average Bonchev–Trinajstić information content (AvgIpc) is 3.52. The predicted octanol–water partition coefficient (Wildman–Crippen LogP) is 10.4. The number of halogens is 1. The third-order valence-corrected chi connectivity index (χ3v) is 10.1. The molecule has 2 unspecified atom stereocenters. The van der Waals surface area contributed by atoms with Crippen molar-refractivity contribution < 1.29 is 28.6 Å². The molecule has 8 nitrogen and oxygen atoms in total. The van der Waals surface area contributed by atoms with E-state index in [4.69, 9.17) is 25.8 Å². The minimum atomic E-state index is -1.50. The summed E-state index contributed by atoms with van der Waals surface area (Å²) in [5.41, 5.74) is 4.97. The predicted molar refractivity (Wildman–Crippen MR) is 220 cm³/mol. The zero-order valence-electron chi connectivity index (χ0n) is 31.9. The van der Waals surface area contributed by atoms with E-state index in [9.17, 15) is 14.4 Å². The molecule has 0 aromatic heterocycles. The molecule has 0 spiro atoms. The van der Waals surface area contributed by atoms with Gasteiger partial charge in [0.1, 0.15) is 18.2 Å². The Hall–Kier alpha value is -5.86. The summed E-state index contributed by atoms with van der Waals surface area (Å²) >= 11 is 6.93. The zero-order valence-corrected chi connectivity index (χ0v) is 32.7. The molecule has 1 aliphatic rings. The molecule has 0 bridgehead atoms. The summed E-state index contributed by atoms with van der Waals surface area (Å²) in [6.07, 6.45) is 1.62. The molecule has 5 aromatic rings. The van der Waals surface area contributed by atoms with Gasteiger partial charge in [-0.25, -0.2) is 14.4 Å². The number of rotatable bonds is 14. The minimum absolute atomic E-state index is 0.0741. The monoisotopic (exact) mass is 770 g/mol. The Morgan fingerprint density at radius 2 is 1.32 bits per heavy atom. The Bertz CT molecular complexity index is 2120. The van der Waals surface area contributed by atoms with Crippen LogP contribution in [0.5, 0.6) is 0 Å². The van der Waals surface area contributed by atoms with Crippen LogP contribution in [0.2, 0.25) is 5.02 Å². The summed E-state index contributed by atoms with van der Waals surface area (Å²) in [5, 5.41) is 5.99. The fourth-order valence-corrected chi connectivity index (χ4v) is 7.42. The molecule has 2 amide bonds. The van der Waals surface area contributed by atoms with Gasteiger partial charge in [-0.1, -0.05) is 146 Å². The highest BCUT2D eigenvalue weighted by atomic mass is 35.5. The lowest BCUT2D eigenvalue weighted by Gasteiger charge is -2.37. The zero-order chi connectivity index (χ0) is 39.7. The van der Waals surface area contributed by atoms with Gasteiger partial charge in [0.05, 0.1) is 0 Å². The molecule has 0 heterocycles. The topological polar surface area (TPSA) is 103 Å². The van der Waals surface area contributed by atoms with Gasteiger partial charge < -0.3 is 24.8 Å². The second kappa shape index (κ2) is 17.7. The van der Waals surface area contributed by atoms with Crippen LogP contribution in [0.25, 0.3) is 17.2 Å². The minimum Gasteiger partial charge on any atom is -0.449 e. The number of carbonyl (C=O) groups excluding carboxylic acids is 3. The van der Waals surface area contributed by atoms with Crippen molar-refractivity contribution in [1.82, 2.24) is 10.6 Å². The van der Waals surface area contributed by atoms with Gasteiger partial charge in [0.15, 0.2) is 5.60 Å². The van der Waals surface area contributed by atoms with E-state index in [1.54, 1.807) is 32.9 Å². The maximum Gasteiger partial charge on any atom is 0.407 e. The summed E-state index contributed by atoms with van der Waals surface area (Å²) in [6, 6.07) is 39.3. The van der Waals surface area contributed by atoms with Gasteiger partial charge in [0, 0.05) is 34.2 Å². The second-order valence-corrected chi connectivity index (χ2v) is 15.1. The first-order chi connectivity index (χ1) is 27.0. The smallest absolute Gasteiger partial charge is 0.407 e. The van der Waals surface area contributed by atoms with Crippen molar-refractivity contribution in [3.8, 4) is 11.1 Å². The lowest BCUT2D eigenvalue weighted by Crippen LogP contribution is -2.46. The number of hydrogen-bond acceptors (Lipinski definition) is 6. The van der Waals surface area contributed by atoms with E-state index in [0.717, 1.165) is 27.8 Å². The molecule has 56 heavy (non-hydrogen) atoms. The summed E-state index contributed by atoms with van der Waals surface area (Å²) in [7, 11) is 0. The third kappa shape index (κ3) is 9.15. The molecule has 9 heteroatoms. The lowest BCUT2D eigenvalue weighted by atomic mass is 9.79. The maximum absolute atomic E-state index is 14.7. The molecule has 2 N–H and O–H groups in total. The number of esters is 1. The number of fused-ring (bicyclic) bond motifs is 3. The molecule has 2 atom stereocenters. The number of alkyl carbamates (subject to hydrolysis) is 2. The van der Waals surface area contributed by atoms with Crippen LogP contribution in [0, 0.1) is 0 Å². The number of benzene rings is 5. The van der Waals surface area contributed by atoms with Crippen LogP contribution >= 0.6 is 11.6 Å². The van der Waals surface area contributed by atoms with Crippen molar-refractivity contribution in [3.63, 3.8) is 0 Å². The van der Waals surface area contributed by atoms with E-state index in [-0.39, 0.29) is 18.9 Å². The van der Waals surface area contributed by atoms with Gasteiger partial charge in [-0.05, 0) is 73.9 Å². The van der Waals surface area contributed by atoms with E-state index < -0.39 is 35.4 Å². The van der Waals surface area contributed by atoms with E-state index in [0.29, 0.717) is 41.1 Å². The van der Waals surface area contributed by atoms with E-state index in [2.05, 4.69) is 29.3 Å². The lowest BCUT2D eigenvalue weighted by molar-refractivity contribution is -0.156. The quantitative estimate of drug-likeness (QED) is 0.0504. The Balaban J connectivity index is 1.28. The Morgan fingerprint density at radius 1 is 0.732 bits per heavy atom. The molecule has 0 aliphatic heterocycles. The summed E-state index contributed by atoms with van der Waals surface area (Å²) in [5.74, 6) is -0.850. The Morgan fingerprint density at radius 3 is 1.95 bits per heavy atom. The standard InChI is InChI=1S/C47H47ClN2O6/c1-5-32-26-28-34(29-27-32)47(33-17-7-6-8-18-33,40-23-13-14-24-41(40)48)55-43(51)42(25-15-16-30-49-44(52)56-46(2,3)4)50-45(53)54-31-39-37-21-11-9-19-35(37)36-20-10-12-22-38(36)39/h5-14,17-24,26-29,39,42H,1,15-16,25,30-31H2,2-4H3,(H,49,52)(H,50,53). The number of ether oxygens (including phenoxy) is 3. The number of hydrogen-bond donors (Lipinski definition) is 2. The molecule has 0 fully saturated rings. The molecule has 0 saturated heterocycles. The SMILES string of the molecule is C=Cc1ccc(C(OC(=O)C(CCCCNC(=O)OC(C)(C)C)NC(=O)OCC2c3ccccc3-c3ccccc32)(c2ccccc2)c2ccccc2Cl)cc1. The molecule has 0 saturated carbocycles. The molecule has 1 aliphatic carbocycles. The van der Waals surface area contributed by atoms with E-state index >= 15 is 0 Å². The van der Waals surface area contributed by atoms with Gasteiger partial charge >= 0.3 is 18.2 Å². The van der Waals surface area contributed by atoms with E-state index in [1.165, 1.54) is 0 Å². The normalized spacial score (nSPS) is 13.6. The van der Waals surface area contributed by atoms with Gasteiger partial charge in [0.2, 0.25) is 0 Å². The Labute approximate surface area is 333 Å². The first-order valence-corrected chi connectivity index (χ1v) is 19.2. The van der Waals surface area contributed by atoms with Crippen LogP contribution in [0.3, 0.4) is 0 Å². The molecule has 6 rings (SSSR count). The van der Waals surface area contributed by atoms with Gasteiger partial charge in [0.25, 0.3) is 0 Å². The number of unbranched alkanes of at least 4 members (excludes halogenated alkanes) is 1. The highest BCUT2D eigenvalue weighted by molar-refractivity contribution is 6.31. The van der Waals surface area contributed by atoms with Crippen LogP contribution in [-0.4, -0.2) is 43.0 Å².